The smallest absolute Gasteiger partial charge is 0.357 e. The van der Waals surface area contributed by atoms with Crippen molar-refractivity contribution in [2.75, 3.05) is 7.11 Å². The molecule has 0 aromatic carbocycles. The van der Waals surface area contributed by atoms with E-state index < -0.39 is 11.9 Å². The number of carbonyl (C=O) groups excluding carboxylic acids is 1. The average Bonchev–Trinajstić information content (AvgIpc) is 2.28. The van der Waals surface area contributed by atoms with Gasteiger partial charge in [0.05, 0.1) is 12.7 Å². The van der Waals surface area contributed by atoms with Gasteiger partial charge in [0.15, 0.2) is 5.69 Å². The lowest BCUT2D eigenvalue weighted by atomic mass is 10.2. The van der Waals surface area contributed by atoms with Gasteiger partial charge in [0, 0.05) is 6.20 Å². The molecule has 1 N–H and O–H groups in total. The zero-order valence-electron chi connectivity index (χ0n) is 8.56. The standard InChI is InChI=1S/C11H9NO4/c1-16-11(15)10-8(5-3-7-12-10)4-2-6-9(13)14/h3,5,7H,6H2,1H3,(H,13,14). The van der Waals surface area contributed by atoms with E-state index in [0.717, 1.165) is 0 Å². The number of hydrogen-bond donors (Lipinski definition) is 1. The molecule has 0 aliphatic heterocycles. The van der Waals surface area contributed by atoms with E-state index in [9.17, 15) is 9.59 Å². The summed E-state index contributed by atoms with van der Waals surface area (Å²) in [4.78, 5) is 25.3. The SMILES string of the molecule is COC(=O)c1ncccc1C#CCC(=O)O. The summed E-state index contributed by atoms with van der Waals surface area (Å²) in [5, 5.41) is 8.41. The number of aromatic nitrogens is 1. The van der Waals surface area contributed by atoms with E-state index in [4.69, 9.17) is 5.11 Å². The molecule has 0 bridgehead atoms. The van der Waals surface area contributed by atoms with Crippen LogP contribution in [-0.2, 0) is 9.53 Å². The summed E-state index contributed by atoms with van der Waals surface area (Å²) < 4.78 is 4.52. The van der Waals surface area contributed by atoms with Crippen molar-refractivity contribution < 1.29 is 19.4 Å². The third-order valence-corrected chi connectivity index (χ3v) is 1.65. The maximum atomic E-state index is 11.3. The summed E-state index contributed by atoms with van der Waals surface area (Å²) in [6, 6.07) is 3.19. The number of carboxylic acids is 1. The van der Waals surface area contributed by atoms with Gasteiger partial charge in [-0.05, 0) is 12.1 Å². The minimum absolute atomic E-state index is 0.0860. The molecule has 0 saturated carbocycles. The molecule has 0 spiro atoms. The van der Waals surface area contributed by atoms with E-state index in [1.54, 1.807) is 12.1 Å². The Hall–Kier alpha value is -2.35. The predicted molar refractivity (Wildman–Crippen MR) is 54.7 cm³/mol. The Bertz CT molecular complexity index is 470. The number of nitrogens with zero attached hydrogens (tertiary/aromatic N) is 1. The van der Waals surface area contributed by atoms with Gasteiger partial charge in [-0.15, -0.1) is 0 Å². The Kier molecular flexibility index (Phi) is 4.04. The number of carboxylic acid groups (broad SMARTS) is 1. The monoisotopic (exact) mass is 219 g/mol. The van der Waals surface area contributed by atoms with Crippen molar-refractivity contribution in [2.24, 2.45) is 0 Å². The number of rotatable bonds is 2. The average molecular weight is 219 g/mol. The summed E-state index contributed by atoms with van der Waals surface area (Å²) in [6.45, 7) is 0. The molecule has 0 aliphatic carbocycles. The Balaban J connectivity index is 2.98. The quantitative estimate of drug-likeness (QED) is 0.585. The lowest BCUT2D eigenvalue weighted by molar-refractivity contribution is -0.135. The van der Waals surface area contributed by atoms with Gasteiger partial charge in [-0.2, -0.15) is 0 Å². The van der Waals surface area contributed by atoms with Gasteiger partial charge in [0.25, 0.3) is 0 Å². The zero-order chi connectivity index (χ0) is 12.0. The first-order chi connectivity index (χ1) is 7.65. The molecular formula is C11H9NO4. The molecule has 1 heterocycles. The van der Waals surface area contributed by atoms with E-state index in [-0.39, 0.29) is 12.1 Å². The molecule has 5 heteroatoms. The van der Waals surface area contributed by atoms with Crippen LogP contribution < -0.4 is 0 Å². The highest BCUT2D eigenvalue weighted by atomic mass is 16.5. The van der Waals surface area contributed by atoms with Crippen molar-refractivity contribution in [3.05, 3.63) is 29.6 Å². The number of carbonyl (C=O) groups is 2. The Labute approximate surface area is 92.1 Å². The predicted octanol–water partition coefficient (Wildman–Crippen LogP) is 0.694. The highest BCUT2D eigenvalue weighted by Crippen LogP contribution is 2.04. The van der Waals surface area contributed by atoms with Crippen LogP contribution in [0.25, 0.3) is 0 Å². The summed E-state index contributed by atoms with van der Waals surface area (Å²) >= 11 is 0. The lowest BCUT2D eigenvalue weighted by Crippen LogP contribution is -2.06. The van der Waals surface area contributed by atoms with E-state index in [0.29, 0.717) is 5.56 Å². The van der Waals surface area contributed by atoms with Crippen LogP contribution in [0.3, 0.4) is 0 Å². The number of pyridine rings is 1. The fraction of sp³-hybridized carbons (Fsp3) is 0.182. The van der Waals surface area contributed by atoms with Gasteiger partial charge in [-0.3, -0.25) is 4.79 Å². The second kappa shape index (κ2) is 5.51. The van der Waals surface area contributed by atoms with Gasteiger partial charge in [-0.1, -0.05) is 11.8 Å². The van der Waals surface area contributed by atoms with Crippen molar-refractivity contribution >= 4 is 11.9 Å². The molecule has 82 valence electrons. The van der Waals surface area contributed by atoms with Gasteiger partial charge in [0.2, 0.25) is 0 Å². The molecule has 0 unspecified atom stereocenters. The Morgan fingerprint density at radius 2 is 2.31 bits per heavy atom. The molecule has 0 atom stereocenters. The van der Waals surface area contributed by atoms with Crippen LogP contribution in [0, 0.1) is 11.8 Å². The fourth-order valence-electron chi connectivity index (χ4n) is 0.981. The zero-order valence-corrected chi connectivity index (χ0v) is 8.56. The summed E-state index contributed by atoms with van der Waals surface area (Å²) in [7, 11) is 1.24. The molecule has 0 saturated heterocycles. The van der Waals surface area contributed by atoms with E-state index in [1.807, 2.05) is 0 Å². The third kappa shape index (κ3) is 3.10. The number of hydrogen-bond acceptors (Lipinski definition) is 4. The third-order valence-electron chi connectivity index (χ3n) is 1.65. The summed E-state index contributed by atoms with van der Waals surface area (Å²) in [6.07, 6.45) is 1.16. The van der Waals surface area contributed by atoms with Gasteiger partial charge >= 0.3 is 11.9 Å². The number of ether oxygens (including phenoxy) is 1. The normalized spacial score (nSPS) is 8.81. The summed E-state index contributed by atoms with van der Waals surface area (Å²) in [5.74, 6) is 3.37. The largest absolute Gasteiger partial charge is 0.481 e. The molecule has 1 aromatic heterocycles. The molecule has 0 fully saturated rings. The minimum Gasteiger partial charge on any atom is -0.481 e. The van der Waals surface area contributed by atoms with E-state index in [2.05, 4.69) is 21.6 Å². The van der Waals surface area contributed by atoms with Crippen LogP contribution in [0.15, 0.2) is 18.3 Å². The Morgan fingerprint density at radius 3 is 2.94 bits per heavy atom. The number of aliphatic carboxylic acids is 1. The highest BCUT2D eigenvalue weighted by molar-refractivity contribution is 5.90. The molecule has 0 radical (unpaired) electrons. The molecular weight excluding hydrogens is 210 g/mol. The summed E-state index contributed by atoms with van der Waals surface area (Å²) in [5.41, 5.74) is 0.443. The van der Waals surface area contributed by atoms with E-state index >= 15 is 0 Å². The first-order valence-corrected chi connectivity index (χ1v) is 4.39. The lowest BCUT2D eigenvalue weighted by Gasteiger charge is -1.99. The van der Waals surface area contributed by atoms with Gasteiger partial charge < -0.3 is 9.84 Å². The van der Waals surface area contributed by atoms with Crippen LogP contribution in [0.1, 0.15) is 22.5 Å². The minimum atomic E-state index is -1.02. The fourth-order valence-corrected chi connectivity index (χ4v) is 0.981. The van der Waals surface area contributed by atoms with Gasteiger partial charge in [0.1, 0.15) is 6.42 Å². The molecule has 16 heavy (non-hydrogen) atoms. The number of methoxy groups -OCH3 is 1. The maximum absolute atomic E-state index is 11.3. The van der Waals surface area contributed by atoms with Crippen LogP contribution in [-0.4, -0.2) is 29.1 Å². The number of esters is 1. The van der Waals surface area contributed by atoms with Crippen LogP contribution in [0.5, 0.6) is 0 Å². The maximum Gasteiger partial charge on any atom is 0.357 e. The molecule has 0 amide bonds. The molecule has 1 aromatic rings. The van der Waals surface area contributed by atoms with Crippen molar-refractivity contribution in [1.82, 2.24) is 4.98 Å². The topological polar surface area (TPSA) is 76.5 Å². The second-order valence-electron chi connectivity index (χ2n) is 2.76. The second-order valence-corrected chi connectivity index (χ2v) is 2.76. The van der Waals surface area contributed by atoms with E-state index in [1.165, 1.54) is 13.3 Å². The first-order valence-electron chi connectivity index (χ1n) is 4.39. The molecule has 5 nitrogen and oxygen atoms in total. The van der Waals surface area contributed by atoms with Gasteiger partial charge in [-0.25, -0.2) is 9.78 Å². The van der Waals surface area contributed by atoms with Crippen molar-refractivity contribution in [1.29, 1.82) is 0 Å². The van der Waals surface area contributed by atoms with Crippen molar-refractivity contribution in [3.63, 3.8) is 0 Å². The van der Waals surface area contributed by atoms with Crippen LogP contribution in [0.2, 0.25) is 0 Å². The first kappa shape index (κ1) is 11.7. The van der Waals surface area contributed by atoms with Crippen LogP contribution >= 0.6 is 0 Å². The van der Waals surface area contributed by atoms with Crippen molar-refractivity contribution in [3.8, 4) is 11.8 Å². The van der Waals surface area contributed by atoms with Crippen LogP contribution in [0.4, 0.5) is 0 Å². The van der Waals surface area contributed by atoms with Crippen molar-refractivity contribution in [2.45, 2.75) is 6.42 Å². The molecule has 0 aliphatic rings. The Morgan fingerprint density at radius 1 is 1.56 bits per heavy atom. The highest BCUT2D eigenvalue weighted by Gasteiger charge is 2.10. The molecule has 1 rings (SSSR count).